The summed E-state index contributed by atoms with van der Waals surface area (Å²) in [6.45, 7) is 20.2. The lowest BCUT2D eigenvalue weighted by Crippen LogP contribution is -2.82. The van der Waals surface area contributed by atoms with Gasteiger partial charge in [-0.2, -0.15) is 0 Å². The molecular weight excluding hydrogens is 600 g/mol. The summed E-state index contributed by atoms with van der Waals surface area (Å²) >= 11 is 0. The quantitative estimate of drug-likeness (QED) is 0.187. The fraction of sp³-hybridized carbons (Fsp3) is 0.730. The predicted molar refractivity (Wildman–Crippen MR) is 179 cm³/mol. The summed E-state index contributed by atoms with van der Waals surface area (Å²) < 4.78 is 26.5. The Morgan fingerprint density at radius 2 is 1.65 bits per heavy atom. The van der Waals surface area contributed by atoms with Crippen LogP contribution >= 0.6 is 0 Å². The molecule has 1 unspecified atom stereocenters. The van der Waals surface area contributed by atoms with Crippen LogP contribution in [0.15, 0.2) is 41.5 Å². The summed E-state index contributed by atoms with van der Waals surface area (Å²) in [6.07, 6.45) is -2.40. The summed E-state index contributed by atoms with van der Waals surface area (Å²) in [5.74, 6) is -2.29. The molecule has 0 spiro atoms. The monoisotopic (exact) mass is 656 g/mol. The molecule has 0 aromatic heterocycles. The number of hydrogen-bond donors (Lipinski definition) is 2. The van der Waals surface area contributed by atoms with Crippen molar-refractivity contribution in [2.45, 2.75) is 136 Å². The van der Waals surface area contributed by atoms with Gasteiger partial charge in [-0.15, -0.1) is 0 Å². The van der Waals surface area contributed by atoms with Crippen molar-refractivity contribution < 1.29 is 38.4 Å². The Balaban J connectivity index is 1.83. The van der Waals surface area contributed by atoms with E-state index in [4.69, 9.17) is 18.6 Å². The van der Waals surface area contributed by atoms with Crippen molar-refractivity contribution in [3.8, 4) is 0 Å². The Hall–Kier alpha value is -2.04. The molecule has 3 fully saturated rings. The highest BCUT2D eigenvalue weighted by Gasteiger charge is 2.77. The van der Waals surface area contributed by atoms with Crippen molar-refractivity contribution in [2.75, 3.05) is 6.61 Å². The van der Waals surface area contributed by atoms with Crippen LogP contribution in [0.3, 0.4) is 0 Å². The maximum Gasteiger partial charge on any atom is 0.338 e. The van der Waals surface area contributed by atoms with Crippen LogP contribution in [-0.2, 0) is 23.4 Å². The molecular formula is C37H56O8Si. The summed E-state index contributed by atoms with van der Waals surface area (Å²) in [5, 5.41) is 26.3. The van der Waals surface area contributed by atoms with Gasteiger partial charge in [0.15, 0.2) is 13.9 Å². The zero-order valence-electron chi connectivity index (χ0n) is 29.5. The molecule has 8 nitrogen and oxygen atoms in total. The summed E-state index contributed by atoms with van der Waals surface area (Å²) in [4.78, 5) is 27.1. The first-order chi connectivity index (χ1) is 21.5. The fourth-order valence-corrected chi connectivity index (χ4v) is 13.1. The third-order valence-corrected chi connectivity index (χ3v) is 17.8. The molecule has 0 radical (unpaired) electrons. The van der Waals surface area contributed by atoms with Gasteiger partial charge in [-0.05, 0) is 49.5 Å². The Morgan fingerprint density at radius 3 is 2.17 bits per heavy atom. The Morgan fingerprint density at radius 1 is 1.04 bits per heavy atom. The molecule has 4 aliphatic rings. The standard InChI is InChI=1S/C37H56O8Si/c1-11-46(12-2,13-3)45-27-19-28-36(21-42-28,44-25(7)38)30-32(43-33(40)26-17-15-14-16-18-26)37(41)20-22(4)23(5)29(34(37,8)9)24(6)31(39)35(27,30)10/h14-18,22,24,27-28,30-32,39,41H,11-13,19-21H2,1-10H3/t22-,24-,27?,28+,30-,31-,32-,35+,36-,37+/m0/s1. The molecule has 2 bridgehead atoms. The van der Waals surface area contributed by atoms with E-state index in [1.165, 1.54) is 6.92 Å². The third-order valence-electron chi connectivity index (χ3n) is 13.2. The van der Waals surface area contributed by atoms with Gasteiger partial charge in [0.25, 0.3) is 0 Å². The van der Waals surface area contributed by atoms with Crippen LogP contribution < -0.4 is 0 Å². The third kappa shape index (κ3) is 4.97. The molecule has 0 amide bonds. The van der Waals surface area contributed by atoms with Gasteiger partial charge < -0.3 is 28.8 Å². The summed E-state index contributed by atoms with van der Waals surface area (Å²) in [6, 6.07) is 11.5. The van der Waals surface area contributed by atoms with Gasteiger partial charge in [0.2, 0.25) is 0 Å². The van der Waals surface area contributed by atoms with Gasteiger partial charge in [-0.3, -0.25) is 4.79 Å². The molecule has 1 saturated heterocycles. The zero-order chi connectivity index (χ0) is 34.0. The topological polar surface area (TPSA) is 112 Å². The van der Waals surface area contributed by atoms with E-state index in [2.05, 4.69) is 34.6 Å². The van der Waals surface area contributed by atoms with Crippen molar-refractivity contribution in [1.29, 1.82) is 0 Å². The SMILES string of the molecule is CC[Si](CC)(CC)OC1C[C@H]2OC[C@@]2(OC(C)=O)[C@H]2[C@H](OC(=O)c3ccccc3)[C@]3(O)C[C@H](C)C(C)=C([C@H](C)[C@H](O)[C@]12C)C3(C)C. The number of ether oxygens (including phenoxy) is 3. The Labute approximate surface area is 276 Å². The number of carbonyl (C=O) groups is 2. The van der Waals surface area contributed by atoms with Crippen LogP contribution in [0.1, 0.15) is 92.4 Å². The number of allylic oxidation sites excluding steroid dienone is 1. The van der Waals surface area contributed by atoms with E-state index in [1.54, 1.807) is 24.3 Å². The highest BCUT2D eigenvalue weighted by Crippen LogP contribution is 2.67. The maximum atomic E-state index is 14.1. The number of carbonyl (C=O) groups excluding carboxylic acids is 2. The van der Waals surface area contributed by atoms with Crippen LogP contribution in [0.5, 0.6) is 0 Å². The van der Waals surface area contributed by atoms with E-state index >= 15 is 0 Å². The first-order valence-corrected chi connectivity index (χ1v) is 19.9. The van der Waals surface area contributed by atoms with Crippen LogP contribution in [0.25, 0.3) is 0 Å². The van der Waals surface area contributed by atoms with Gasteiger partial charge >= 0.3 is 11.9 Å². The van der Waals surface area contributed by atoms with Gasteiger partial charge in [-0.1, -0.05) is 84.7 Å². The molecule has 10 atom stereocenters. The lowest BCUT2D eigenvalue weighted by molar-refractivity contribution is -0.361. The van der Waals surface area contributed by atoms with E-state index in [-0.39, 0.29) is 18.4 Å². The first kappa shape index (κ1) is 35.3. The second kappa shape index (κ2) is 12.1. The van der Waals surface area contributed by atoms with Crippen LogP contribution in [-0.4, -0.2) is 72.7 Å². The number of hydrogen-bond acceptors (Lipinski definition) is 8. The van der Waals surface area contributed by atoms with Crippen molar-refractivity contribution in [3.05, 3.63) is 47.0 Å². The highest BCUT2D eigenvalue weighted by atomic mass is 28.4. The van der Waals surface area contributed by atoms with E-state index in [9.17, 15) is 19.8 Å². The average Bonchev–Trinajstić information content (AvgIpc) is 3.01. The molecule has 5 rings (SSSR count). The van der Waals surface area contributed by atoms with Gasteiger partial charge in [0, 0.05) is 30.1 Å². The van der Waals surface area contributed by atoms with E-state index in [1.807, 2.05) is 33.8 Å². The van der Waals surface area contributed by atoms with Crippen LogP contribution in [0.4, 0.5) is 0 Å². The second-order valence-corrected chi connectivity index (χ2v) is 20.2. The number of aliphatic hydroxyl groups is 2. The Bertz CT molecular complexity index is 1350. The number of rotatable bonds is 8. The lowest BCUT2D eigenvalue weighted by atomic mass is 9.43. The van der Waals surface area contributed by atoms with E-state index < -0.39 is 72.6 Å². The van der Waals surface area contributed by atoms with Crippen LogP contribution in [0, 0.1) is 28.6 Å². The van der Waals surface area contributed by atoms with E-state index in [0.29, 0.717) is 18.4 Å². The first-order valence-electron chi connectivity index (χ1n) is 17.4. The molecule has 46 heavy (non-hydrogen) atoms. The number of esters is 2. The zero-order valence-corrected chi connectivity index (χ0v) is 30.5. The minimum atomic E-state index is -2.26. The molecule has 256 valence electrons. The predicted octanol–water partition coefficient (Wildman–Crippen LogP) is 6.45. The maximum absolute atomic E-state index is 14.1. The van der Waals surface area contributed by atoms with Crippen molar-refractivity contribution in [1.82, 2.24) is 0 Å². The Kier molecular flexibility index (Phi) is 9.30. The molecule has 3 aliphatic carbocycles. The van der Waals surface area contributed by atoms with Crippen molar-refractivity contribution in [3.63, 3.8) is 0 Å². The molecule has 2 N–H and O–H groups in total. The molecule has 9 heteroatoms. The fourth-order valence-electron chi connectivity index (χ4n) is 10.1. The largest absolute Gasteiger partial charge is 0.455 e. The van der Waals surface area contributed by atoms with Crippen LogP contribution in [0.2, 0.25) is 18.1 Å². The smallest absolute Gasteiger partial charge is 0.338 e. The lowest BCUT2D eigenvalue weighted by Gasteiger charge is -2.70. The van der Waals surface area contributed by atoms with Crippen molar-refractivity contribution in [2.24, 2.45) is 28.6 Å². The second-order valence-electron chi connectivity index (χ2n) is 15.5. The van der Waals surface area contributed by atoms with E-state index in [0.717, 1.165) is 29.3 Å². The summed E-state index contributed by atoms with van der Waals surface area (Å²) in [5.41, 5.74) is -2.31. The number of benzene rings is 1. The minimum Gasteiger partial charge on any atom is -0.455 e. The summed E-state index contributed by atoms with van der Waals surface area (Å²) in [7, 11) is -2.26. The average molecular weight is 657 g/mol. The van der Waals surface area contributed by atoms with Gasteiger partial charge in [-0.25, -0.2) is 4.79 Å². The van der Waals surface area contributed by atoms with Gasteiger partial charge in [0.1, 0.15) is 17.8 Å². The molecule has 1 heterocycles. The number of fused-ring (bicyclic) bond motifs is 5. The molecule has 1 aromatic rings. The number of aliphatic hydroxyl groups excluding tert-OH is 1. The minimum absolute atomic E-state index is 0.0426. The van der Waals surface area contributed by atoms with Crippen molar-refractivity contribution >= 4 is 20.3 Å². The molecule has 2 saturated carbocycles. The normalized spacial score (nSPS) is 40.0. The molecule has 1 aliphatic heterocycles. The van der Waals surface area contributed by atoms with Gasteiger partial charge in [0.05, 0.1) is 30.3 Å². The highest BCUT2D eigenvalue weighted by molar-refractivity contribution is 6.73. The molecule has 1 aromatic carbocycles.